The second-order valence-corrected chi connectivity index (χ2v) is 6.05. The summed E-state index contributed by atoms with van der Waals surface area (Å²) in [6.45, 7) is 0. The van der Waals surface area contributed by atoms with Crippen LogP contribution < -0.4 is 9.88 Å². The topological polar surface area (TPSA) is 56.8 Å². The summed E-state index contributed by atoms with van der Waals surface area (Å²) in [5, 5.41) is 14.4. The van der Waals surface area contributed by atoms with Gasteiger partial charge < -0.3 is 5.32 Å². The van der Waals surface area contributed by atoms with Crippen LogP contribution in [0.15, 0.2) is 58.7 Å². The highest BCUT2D eigenvalue weighted by Crippen LogP contribution is 2.39. The molecule has 0 unspecified atom stereocenters. The molecule has 0 radical (unpaired) electrons. The fourth-order valence-corrected chi connectivity index (χ4v) is 3.67. The Morgan fingerprint density at radius 3 is 2.67 bits per heavy atom. The standard InChI is InChI=1S/C15H11N3OS2/c16-9-10-12(11-5-4-8-21-11)13(14(19)17-15(10)20)18-6-2-1-3-7-18/h1-8,12-13H,(H-,17,19,20)/p+1/t12-,13+/m1/s1. The van der Waals surface area contributed by atoms with Gasteiger partial charge in [-0.25, -0.2) is 0 Å². The molecule has 0 fully saturated rings. The fraction of sp³-hybridized carbons (Fsp3) is 0.133. The summed E-state index contributed by atoms with van der Waals surface area (Å²) < 4.78 is 1.83. The van der Waals surface area contributed by atoms with Gasteiger partial charge in [-0.2, -0.15) is 9.83 Å². The van der Waals surface area contributed by atoms with Crippen molar-refractivity contribution in [2.75, 3.05) is 0 Å². The van der Waals surface area contributed by atoms with Gasteiger partial charge in [-0.1, -0.05) is 12.1 Å². The van der Waals surface area contributed by atoms with Crippen LogP contribution in [0, 0.1) is 11.3 Å². The van der Waals surface area contributed by atoms with E-state index in [1.54, 1.807) is 0 Å². The normalized spacial score (nSPS) is 21.8. The van der Waals surface area contributed by atoms with Crippen molar-refractivity contribution in [1.29, 1.82) is 5.26 Å². The van der Waals surface area contributed by atoms with Crippen LogP contribution in [0.5, 0.6) is 0 Å². The lowest BCUT2D eigenvalue weighted by Crippen LogP contribution is -2.53. The highest BCUT2D eigenvalue weighted by Gasteiger charge is 2.44. The maximum atomic E-state index is 12.5. The van der Waals surface area contributed by atoms with E-state index in [9.17, 15) is 10.1 Å². The van der Waals surface area contributed by atoms with Crippen molar-refractivity contribution < 1.29 is 9.36 Å². The number of amides is 1. The van der Waals surface area contributed by atoms with Gasteiger partial charge in [0.2, 0.25) is 6.04 Å². The highest BCUT2D eigenvalue weighted by atomic mass is 32.1. The van der Waals surface area contributed by atoms with E-state index in [1.807, 2.05) is 52.7 Å². The third-order valence-electron chi connectivity index (χ3n) is 3.42. The van der Waals surface area contributed by atoms with E-state index in [0.717, 1.165) is 4.88 Å². The van der Waals surface area contributed by atoms with Crippen LogP contribution in [0.4, 0.5) is 0 Å². The predicted octanol–water partition coefficient (Wildman–Crippen LogP) is 2.16. The Morgan fingerprint density at radius 2 is 2.05 bits per heavy atom. The average Bonchev–Trinajstić information content (AvgIpc) is 3.01. The van der Waals surface area contributed by atoms with Gasteiger partial charge in [-0.05, 0) is 11.4 Å². The fourth-order valence-electron chi connectivity index (χ4n) is 2.51. The van der Waals surface area contributed by atoms with Gasteiger partial charge in [-0.15, -0.1) is 24.0 Å². The molecule has 0 aromatic carbocycles. The smallest absolute Gasteiger partial charge is 0.294 e. The molecule has 0 spiro atoms. The molecule has 6 heteroatoms. The summed E-state index contributed by atoms with van der Waals surface area (Å²) in [7, 11) is 0. The number of carbonyl (C=O) groups excluding carboxylic acids is 1. The van der Waals surface area contributed by atoms with Crippen LogP contribution in [-0.2, 0) is 4.79 Å². The van der Waals surface area contributed by atoms with Crippen molar-refractivity contribution in [3.8, 4) is 6.07 Å². The molecule has 2 atom stereocenters. The summed E-state index contributed by atoms with van der Waals surface area (Å²) in [6, 6.07) is 11.2. The Bertz CT molecular complexity index is 732. The van der Waals surface area contributed by atoms with Crippen LogP contribution in [0.1, 0.15) is 16.8 Å². The van der Waals surface area contributed by atoms with Gasteiger partial charge in [0, 0.05) is 17.0 Å². The Balaban J connectivity index is 2.17. The quantitative estimate of drug-likeness (QED) is 0.659. The van der Waals surface area contributed by atoms with Crippen molar-refractivity contribution in [3.05, 3.63) is 63.6 Å². The van der Waals surface area contributed by atoms with E-state index in [0.29, 0.717) is 10.6 Å². The number of hydrogen-bond donors (Lipinski definition) is 2. The van der Waals surface area contributed by atoms with Gasteiger partial charge in [0.1, 0.15) is 5.92 Å². The number of nitrogens with one attached hydrogen (secondary N) is 1. The first-order valence-corrected chi connectivity index (χ1v) is 7.68. The molecular weight excluding hydrogens is 302 g/mol. The van der Waals surface area contributed by atoms with Gasteiger partial charge in [0.15, 0.2) is 12.4 Å². The molecule has 1 N–H and O–H groups in total. The van der Waals surface area contributed by atoms with Crippen molar-refractivity contribution >= 4 is 29.9 Å². The summed E-state index contributed by atoms with van der Waals surface area (Å²) in [6.07, 6.45) is 3.67. The molecule has 0 saturated carbocycles. The van der Waals surface area contributed by atoms with Crippen molar-refractivity contribution in [1.82, 2.24) is 5.32 Å². The minimum atomic E-state index is -0.490. The minimum absolute atomic E-state index is 0.159. The average molecular weight is 314 g/mol. The first-order valence-electron chi connectivity index (χ1n) is 6.35. The molecule has 4 nitrogen and oxygen atoms in total. The molecule has 0 bridgehead atoms. The third-order valence-corrected chi connectivity index (χ3v) is 4.73. The highest BCUT2D eigenvalue weighted by molar-refractivity contribution is 7.84. The zero-order chi connectivity index (χ0) is 14.8. The van der Waals surface area contributed by atoms with Gasteiger partial charge in [0.05, 0.1) is 16.7 Å². The lowest BCUT2D eigenvalue weighted by atomic mass is 9.87. The maximum Gasteiger partial charge on any atom is 0.294 e. The van der Waals surface area contributed by atoms with E-state index in [1.165, 1.54) is 11.3 Å². The van der Waals surface area contributed by atoms with Crippen LogP contribution in [0.25, 0.3) is 0 Å². The molecule has 1 aliphatic rings. The molecule has 104 valence electrons. The van der Waals surface area contributed by atoms with E-state index in [4.69, 9.17) is 0 Å². The summed E-state index contributed by atoms with van der Waals surface area (Å²) >= 11 is 5.80. The van der Waals surface area contributed by atoms with Crippen molar-refractivity contribution in [2.24, 2.45) is 0 Å². The lowest BCUT2D eigenvalue weighted by Gasteiger charge is -2.26. The first-order chi connectivity index (χ1) is 10.2. The zero-order valence-electron chi connectivity index (χ0n) is 10.9. The molecule has 3 heterocycles. The summed E-state index contributed by atoms with van der Waals surface area (Å²) in [5.74, 6) is -0.475. The van der Waals surface area contributed by atoms with Gasteiger partial charge >= 0.3 is 0 Å². The Labute approximate surface area is 131 Å². The number of nitrogens with zero attached hydrogens (tertiary/aromatic N) is 2. The maximum absolute atomic E-state index is 12.5. The molecule has 2 aromatic heterocycles. The van der Waals surface area contributed by atoms with Crippen molar-refractivity contribution in [3.63, 3.8) is 0 Å². The number of thiophene rings is 1. The molecule has 1 amide bonds. The van der Waals surface area contributed by atoms with Crippen LogP contribution in [0.3, 0.4) is 0 Å². The summed E-state index contributed by atoms with van der Waals surface area (Å²) in [4.78, 5) is 13.4. The Hall–Kier alpha value is -2.10. The second-order valence-electron chi connectivity index (χ2n) is 4.62. The van der Waals surface area contributed by atoms with Crippen LogP contribution in [0.2, 0.25) is 0 Å². The van der Waals surface area contributed by atoms with E-state index in [-0.39, 0.29) is 11.8 Å². The number of allylic oxidation sites excluding steroid dienone is 1. The molecule has 1 aliphatic heterocycles. The van der Waals surface area contributed by atoms with Crippen molar-refractivity contribution in [2.45, 2.75) is 12.0 Å². The second kappa shape index (κ2) is 5.72. The zero-order valence-corrected chi connectivity index (χ0v) is 12.6. The van der Waals surface area contributed by atoms with Crippen LogP contribution >= 0.6 is 24.0 Å². The Morgan fingerprint density at radius 1 is 1.29 bits per heavy atom. The number of pyridine rings is 1. The predicted molar refractivity (Wildman–Crippen MR) is 82.5 cm³/mol. The monoisotopic (exact) mass is 314 g/mol. The van der Waals surface area contributed by atoms with E-state index < -0.39 is 6.04 Å². The Kier molecular flexibility index (Phi) is 3.78. The molecule has 3 rings (SSSR count). The molecule has 0 saturated heterocycles. The lowest BCUT2D eigenvalue weighted by molar-refractivity contribution is -0.711. The SMILES string of the molecule is N#CC1=C(S)NC(=O)[C@@H]([n+]2ccccc2)[C@H]1c1cccs1. The minimum Gasteiger partial charge on any atom is -0.314 e. The largest absolute Gasteiger partial charge is 0.314 e. The number of thiol groups is 1. The number of carbonyl (C=O) groups is 1. The first kappa shape index (κ1) is 13.9. The number of rotatable bonds is 2. The van der Waals surface area contributed by atoms with E-state index >= 15 is 0 Å². The molecule has 21 heavy (non-hydrogen) atoms. The van der Waals surface area contributed by atoms with Crippen LogP contribution in [-0.4, -0.2) is 5.91 Å². The number of aromatic nitrogens is 1. The third kappa shape index (κ3) is 2.46. The van der Waals surface area contributed by atoms with E-state index in [2.05, 4.69) is 24.0 Å². The summed E-state index contributed by atoms with van der Waals surface area (Å²) in [5.41, 5.74) is 0.488. The van der Waals surface area contributed by atoms with Gasteiger partial charge in [-0.3, -0.25) is 4.79 Å². The number of nitriles is 1. The molecular formula is C15H12N3OS2+. The molecule has 0 aliphatic carbocycles. The molecule has 2 aromatic rings. The van der Waals surface area contributed by atoms with Gasteiger partial charge in [0.25, 0.3) is 5.91 Å². The number of hydrogen-bond acceptors (Lipinski definition) is 4.